The van der Waals surface area contributed by atoms with Crippen LogP contribution in [0.4, 0.5) is 0 Å². The second-order valence-corrected chi connectivity index (χ2v) is 7.61. The molecule has 3 aliphatic rings. The third-order valence-corrected chi connectivity index (χ3v) is 6.14. The van der Waals surface area contributed by atoms with Gasteiger partial charge in [0.1, 0.15) is 0 Å². The molecule has 2 unspecified atom stereocenters. The molecule has 3 rings (SSSR count). The lowest BCUT2D eigenvalue weighted by molar-refractivity contribution is -0.136. The number of nitrogens with one attached hydrogen (secondary N) is 1. The van der Waals surface area contributed by atoms with Gasteiger partial charge in [-0.05, 0) is 37.5 Å². The lowest BCUT2D eigenvalue weighted by Crippen LogP contribution is -2.47. The van der Waals surface area contributed by atoms with Crippen molar-refractivity contribution in [3.63, 3.8) is 0 Å². The Morgan fingerprint density at radius 2 is 2.12 bits per heavy atom. The highest BCUT2D eigenvalue weighted by Gasteiger charge is 2.38. The molecule has 2 saturated heterocycles. The molecule has 0 saturated carbocycles. The van der Waals surface area contributed by atoms with Crippen molar-refractivity contribution < 1.29 is 14.6 Å². The summed E-state index contributed by atoms with van der Waals surface area (Å²) in [7, 11) is 0. The number of carbonyl (C=O) groups excluding carboxylic acids is 1. The average Bonchev–Trinajstić information content (AvgIpc) is 2.60. The number of piperidine rings is 1. The number of hydrogen-bond donors (Lipinski definition) is 2. The second kappa shape index (κ2) is 8.09. The number of rotatable bonds is 3. The number of halogens is 2. The zero-order chi connectivity index (χ0) is 17.1. The van der Waals surface area contributed by atoms with Crippen LogP contribution in [-0.4, -0.2) is 60.2 Å². The first-order valence-electron chi connectivity index (χ1n) is 8.55. The predicted molar refractivity (Wildman–Crippen MR) is 94.3 cm³/mol. The summed E-state index contributed by atoms with van der Waals surface area (Å²) in [4.78, 5) is 14.3. The molecule has 2 fully saturated rings. The van der Waals surface area contributed by atoms with Crippen LogP contribution in [0.1, 0.15) is 19.3 Å². The molecule has 0 aromatic heterocycles. The lowest BCUT2D eigenvalue weighted by Gasteiger charge is -2.38. The molecule has 7 heteroatoms. The molecule has 0 aromatic carbocycles. The number of carbonyl (C=O) groups is 1. The van der Waals surface area contributed by atoms with Gasteiger partial charge >= 0.3 is 0 Å². The summed E-state index contributed by atoms with van der Waals surface area (Å²) in [5.74, 6) is 0.506. The van der Waals surface area contributed by atoms with Gasteiger partial charge in [0, 0.05) is 36.5 Å². The van der Waals surface area contributed by atoms with Gasteiger partial charge in [-0.2, -0.15) is 0 Å². The summed E-state index contributed by atoms with van der Waals surface area (Å²) in [6, 6.07) is 0.112. The van der Waals surface area contributed by atoms with Crippen molar-refractivity contribution in [3.05, 3.63) is 22.9 Å². The number of aliphatic hydroxyl groups is 1. The largest absolute Gasteiger partial charge is 0.512 e. The third kappa shape index (κ3) is 4.07. The highest BCUT2D eigenvalue weighted by molar-refractivity contribution is 6.37. The van der Waals surface area contributed by atoms with Gasteiger partial charge in [-0.1, -0.05) is 11.6 Å². The van der Waals surface area contributed by atoms with Crippen molar-refractivity contribution in [1.29, 1.82) is 0 Å². The normalized spacial score (nSPS) is 34.5. The van der Waals surface area contributed by atoms with E-state index in [0.717, 1.165) is 19.4 Å². The summed E-state index contributed by atoms with van der Waals surface area (Å²) >= 11 is 12.6. The van der Waals surface area contributed by atoms with E-state index in [4.69, 9.17) is 27.9 Å². The van der Waals surface area contributed by atoms with Crippen LogP contribution in [0.25, 0.3) is 0 Å². The first kappa shape index (κ1) is 18.1. The van der Waals surface area contributed by atoms with E-state index in [9.17, 15) is 9.90 Å². The molecular weight excluding hydrogens is 351 g/mol. The van der Waals surface area contributed by atoms with E-state index in [1.807, 2.05) is 4.90 Å². The monoisotopic (exact) mass is 374 g/mol. The molecule has 5 nitrogen and oxygen atoms in total. The molecule has 1 aliphatic carbocycles. The molecule has 2 N–H and O–H groups in total. The Kier molecular flexibility index (Phi) is 6.08. The van der Waals surface area contributed by atoms with Gasteiger partial charge in [-0.15, -0.1) is 11.6 Å². The number of allylic oxidation sites excluding steroid dienone is 4. The van der Waals surface area contributed by atoms with Gasteiger partial charge < -0.3 is 20.1 Å². The summed E-state index contributed by atoms with van der Waals surface area (Å²) in [5.41, 5.74) is 0. The number of ether oxygens (including phenoxy) is 1. The number of nitrogens with zero attached hydrogens (tertiary/aromatic N) is 1. The van der Waals surface area contributed by atoms with Crippen molar-refractivity contribution >= 4 is 29.1 Å². The first-order chi connectivity index (χ1) is 11.6. The lowest BCUT2D eigenvalue weighted by atomic mass is 9.77. The average molecular weight is 375 g/mol. The molecule has 2 heterocycles. The Labute approximate surface area is 152 Å². The fourth-order valence-electron chi connectivity index (χ4n) is 3.84. The van der Waals surface area contributed by atoms with E-state index >= 15 is 0 Å². The van der Waals surface area contributed by atoms with Gasteiger partial charge in [0.05, 0.1) is 24.4 Å². The van der Waals surface area contributed by atoms with Crippen molar-refractivity contribution in [2.45, 2.75) is 30.7 Å². The smallest absolute Gasteiger partial charge is 0.224 e. The fraction of sp³-hybridized carbons (Fsp3) is 0.706. The van der Waals surface area contributed by atoms with Gasteiger partial charge in [0.2, 0.25) is 5.91 Å². The highest BCUT2D eigenvalue weighted by atomic mass is 35.5. The van der Waals surface area contributed by atoms with Gasteiger partial charge in [0.25, 0.3) is 0 Å². The molecular formula is C17H24Cl2N2O3. The standard InChI is InChI=1S/C17H24Cl2N2O3/c18-13-1-2-14(22)16(17(13)19)11-3-4-20-12(9-11)10-15(23)21-5-7-24-8-6-21/h1-2,11-12,16-17,20,22H,3-10H2/t11-,12+,16?,17?/m0/s1. The molecule has 0 spiro atoms. The van der Waals surface area contributed by atoms with Gasteiger partial charge in [-0.3, -0.25) is 4.79 Å². The minimum atomic E-state index is -0.393. The van der Waals surface area contributed by atoms with Crippen molar-refractivity contribution in [2.24, 2.45) is 11.8 Å². The number of aliphatic hydroxyl groups excluding tert-OH is 1. The number of amides is 1. The molecule has 2 aliphatic heterocycles. The fourth-order valence-corrected chi connectivity index (χ4v) is 4.45. The van der Waals surface area contributed by atoms with Crippen molar-refractivity contribution in [1.82, 2.24) is 10.2 Å². The van der Waals surface area contributed by atoms with E-state index in [1.165, 1.54) is 0 Å². The van der Waals surface area contributed by atoms with E-state index in [2.05, 4.69) is 5.32 Å². The maximum Gasteiger partial charge on any atom is 0.224 e. The van der Waals surface area contributed by atoms with Crippen molar-refractivity contribution in [3.8, 4) is 0 Å². The topological polar surface area (TPSA) is 61.8 Å². The molecule has 24 heavy (non-hydrogen) atoms. The van der Waals surface area contributed by atoms with Crippen LogP contribution in [0.15, 0.2) is 22.9 Å². The molecule has 4 atom stereocenters. The van der Waals surface area contributed by atoms with E-state index in [1.54, 1.807) is 12.2 Å². The number of morpholine rings is 1. The van der Waals surface area contributed by atoms with Crippen LogP contribution in [0, 0.1) is 11.8 Å². The van der Waals surface area contributed by atoms with Crippen LogP contribution >= 0.6 is 23.2 Å². The van der Waals surface area contributed by atoms with Crippen LogP contribution in [0.3, 0.4) is 0 Å². The zero-order valence-corrected chi connectivity index (χ0v) is 15.1. The van der Waals surface area contributed by atoms with Gasteiger partial charge in [-0.25, -0.2) is 0 Å². The van der Waals surface area contributed by atoms with Crippen LogP contribution in [-0.2, 0) is 9.53 Å². The quantitative estimate of drug-likeness (QED) is 0.744. The maximum atomic E-state index is 12.4. The molecule has 0 aromatic rings. The van der Waals surface area contributed by atoms with Crippen LogP contribution < -0.4 is 5.32 Å². The highest BCUT2D eigenvalue weighted by Crippen LogP contribution is 2.40. The van der Waals surface area contributed by atoms with Crippen LogP contribution in [0.2, 0.25) is 0 Å². The van der Waals surface area contributed by atoms with Crippen molar-refractivity contribution in [2.75, 3.05) is 32.8 Å². The summed E-state index contributed by atoms with van der Waals surface area (Å²) in [6.45, 7) is 3.40. The summed E-state index contributed by atoms with van der Waals surface area (Å²) < 4.78 is 5.29. The number of hydrogen-bond acceptors (Lipinski definition) is 4. The van der Waals surface area contributed by atoms with E-state index in [0.29, 0.717) is 43.5 Å². The Balaban J connectivity index is 1.59. The maximum absolute atomic E-state index is 12.4. The zero-order valence-electron chi connectivity index (χ0n) is 13.6. The first-order valence-corrected chi connectivity index (χ1v) is 9.37. The molecule has 1 amide bonds. The number of alkyl halides is 1. The molecule has 134 valence electrons. The second-order valence-electron chi connectivity index (χ2n) is 6.70. The van der Waals surface area contributed by atoms with E-state index < -0.39 is 5.38 Å². The SMILES string of the molecule is O=C(C[C@H]1C[C@@H](C2C(O)=CC=C(Cl)C2Cl)CCN1)N1CCOCC1. The van der Waals surface area contributed by atoms with Gasteiger partial charge in [0.15, 0.2) is 0 Å². The Hall–Kier alpha value is -0.750. The molecule has 0 radical (unpaired) electrons. The Morgan fingerprint density at radius 1 is 1.38 bits per heavy atom. The Bertz CT molecular complexity index is 532. The minimum Gasteiger partial charge on any atom is -0.512 e. The minimum absolute atomic E-state index is 0.112. The summed E-state index contributed by atoms with van der Waals surface area (Å²) in [6.07, 6.45) is 5.50. The Morgan fingerprint density at radius 3 is 2.88 bits per heavy atom. The van der Waals surface area contributed by atoms with E-state index in [-0.39, 0.29) is 23.8 Å². The molecule has 0 bridgehead atoms. The van der Waals surface area contributed by atoms with Crippen LogP contribution in [0.5, 0.6) is 0 Å². The summed E-state index contributed by atoms with van der Waals surface area (Å²) in [5, 5.41) is 13.8. The third-order valence-electron chi connectivity index (χ3n) is 5.16. The predicted octanol–water partition coefficient (Wildman–Crippen LogP) is 2.41.